The Morgan fingerprint density at radius 3 is 2.57 bits per heavy atom. The fourth-order valence-electron chi connectivity index (χ4n) is 3.71. The van der Waals surface area contributed by atoms with E-state index in [2.05, 4.69) is 80.0 Å². The number of carbonyl (C=O) groups excluding carboxylic acids is 1. The van der Waals surface area contributed by atoms with E-state index >= 15 is 0 Å². The lowest BCUT2D eigenvalue weighted by atomic mass is 10.1. The molecular weight excluding hydrogens is 690 g/mol. The second-order valence-electron chi connectivity index (χ2n) is 7.73. The maximum atomic E-state index is 12.4. The van der Waals surface area contributed by atoms with Crippen LogP contribution in [0.3, 0.4) is 0 Å². The standard InChI is InChI=1S/C27H17ClI2N2O3/c28-20-8-9-24-19(12-20)13-25(35-24)27(33)32-31-14-16-10-22(29)26(23(30)11-16)34-15-18-6-3-5-17-4-1-2-7-21(17)18/h1-14H,15H2,(H,32,33)/b31-14+. The van der Waals surface area contributed by atoms with Gasteiger partial charge in [-0.3, -0.25) is 4.79 Å². The molecule has 35 heavy (non-hydrogen) atoms. The number of fused-ring (bicyclic) bond motifs is 2. The number of hydrogen-bond acceptors (Lipinski definition) is 4. The molecule has 0 unspecified atom stereocenters. The summed E-state index contributed by atoms with van der Waals surface area (Å²) in [5, 5.41) is 7.81. The molecule has 0 saturated carbocycles. The van der Waals surface area contributed by atoms with Crippen molar-refractivity contribution in [1.29, 1.82) is 0 Å². The summed E-state index contributed by atoms with van der Waals surface area (Å²) in [6, 6.07) is 25.3. The maximum absolute atomic E-state index is 12.4. The first-order valence-corrected chi connectivity index (χ1v) is 13.1. The van der Waals surface area contributed by atoms with Crippen molar-refractivity contribution >= 4 is 90.6 Å². The summed E-state index contributed by atoms with van der Waals surface area (Å²) in [6.45, 7) is 0.472. The van der Waals surface area contributed by atoms with Gasteiger partial charge in [0.1, 0.15) is 17.9 Å². The fourth-order valence-corrected chi connectivity index (χ4v) is 6.02. The van der Waals surface area contributed by atoms with Crippen LogP contribution in [-0.2, 0) is 6.61 Å². The lowest BCUT2D eigenvalue weighted by molar-refractivity contribution is 0.0929. The summed E-state index contributed by atoms with van der Waals surface area (Å²) in [5.41, 5.74) is 5.07. The van der Waals surface area contributed by atoms with Gasteiger partial charge in [0.05, 0.1) is 13.4 Å². The first-order chi connectivity index (χ1) is 17.0. The smallest absolute Gasteiger partial charge is 0.307 e. The van der Waals surface area contributed by atoms with Gasteiger partial charge in [-0.2, -0.15) is 5.10 Å². The third-order valence-corrected chi connectivity index (χ3v) is 7.19. The SMILES string of the molecule is O=C(N/N=C/c1cc(I)c(OCc2cccc3ccccc23)c(I)c1)c1cc2cc(Cl)ccc2o1. The Bertz CT molecular complexity index is 1570. The molecule has 0 aliphatic carbocycles. The molecule has 0 spiro atoms. The van der Waals surface area contributed by atoms with E-state index in [4.69, 9.17) is 20.8 Å². The third kappa shape index (κ3) is 5.46. The first-order valence-electron chi connectivity index (χ1n) is 10.6. The highest BCUT2D eigenvalue weighted by Gasteiger charge is 2.13. The van der Waals surface area contributed by atoms with Gasteiger partial charge in [-0.15, -0.1) is 0 Å². The van der Waals surface area contributed by atoms with Crippen molar-refractivity contribution in [2.75, 3.05) is 0 Å². The number of furan rings is 1. The Morgan fingerprint density at radius 1 is 0.971 bits per heavy atom. The van der Waals surface area contributed by atoms with E-state index in [9.17, 15) is 4.79 Å². The van der Waals surface area contributed by atoms with Crippen molar-refractivity contribution in [1.82, 2.24) is 5.43 Å². The van der Waals surface area contributed by atoms with Crippen LogP contribution in [0.4, 0.5) is 0 Å². The van der Waals surface area contributed by atoms with Crippen LogP contribution in [0.1, 0.15) is 21.7 Å². The van der Waals surface area contributed by atoms with Crippen LogP contribution in [0.15, 0.2) is 88.4 Å². The predicted octanol–water partition coefficient (Wildman–Crippen LogP) is 7.79. The van der Waals surface area contributed by atoms with E-state index in [1.54, 1.807) is 30.5 Å². The van der Waals surface area contributed by atoms with Gasteiger partial charge in [-0.1, -0.05) is 54.1 Å². The predicted molar refractivity (Wildman–Crippen MR) is 156 cm³/mol. The van der Waals surface area contributed by atoms with E-state index in [0.717, 1.165) is 29.4 Å². The van der Waals surface area contributed by atoms with Gasteiger partial charge in [0.2, 0.25) is 0 Å². The summed E-state index contributed by atoms with van der Waals surface area (Å²) in [6.07, 6.45) is 1.59. The molecule has 0 atom stereocenters. The van der Waals surface area contributed by atoms with Crippen LogP contribution in [0, 0.1) is 7.14 Å². The molecular formula is C27H17ClI2N2O3. The van der Waals surface area contributed by atoms with E-state index in [0.29, 0.717) is 17.2 Å². The van der Waals surface area contributed by atoms with Crippen molar-refractivity contribution in [2.45, 2.75) is 6.61 Å². The van der Waals surface area contributed by atoms with Gasteiger partial charge < -0.3 is 9.15 Å². The minimum Gasteiger partial charge on any atom is -0.487 e. The Morgan fingerprint density at radius 2 is 1.74 bits per heavy atom. The lowest BCUT2D eigenvalue weighted by Crippen LogP contribution is -2.16. The number of benzene rings is 4. The molecule has 1 heterocycles. The highest BCUT2D eigenvalue weighted by atomic mass is 127. The van der Waals surface area contributed by atoms with Gasteiger partial charge in [-0.25, -0.2) is 5.43 Å². The topological polar surface area (TPSA) is 63.8 Å². The maximum Gasteiger partial charge on any atom is 0.307 e. The normalized spacial score (nSPS) is 11.4. The Labute approximate surface area is 233 Å². The molecule has 0 fully saturated rings. The number of rotatable bonds is 6. The summed E-state index contributed by atoms with van der Waals surface area (Å²) in [7, 11) is 0. The first kappa shape index (κ1) is 24.1. The largest absolute Gasteiger partial charge is 0.487 e. The van der Waals surface area contributed by atoms with Crippen LogP contribution in [0.2, 0.25) is 5.02 Å². The number of nitrogens with one attached hydrogen (secondary N) is 1. The summed E-state index contributed by atoms with van der Waals surface area (Å²) >= 11 is 10.5. The zero-order valence-electron chi connectivity index (χ0n) is 18.1. The molecule has 0 aliphatic heterocycles. The number of ether oxygens (including phenoxy) is 1. The van der Waals surface area contributed by atoms with E-state index in [1.165, 1.54) is 10.8 Å². The molecule has 5 aromatic rings. The van der Waals surface area contributed by atoms with E-state index in [1.807, 2.05) is 30.3 Å². The monoisotopic (exact) mass is 706 g/mol. The van der Waals surface area contributed by atoms with Crippen LogP contribution in [-0.4, -0.2) is 12.1 Å². The summed E-state index contributed by atoms with van der Waals surface area (Å²) in [4.78, 5) is 12.4. The van der Waals surface area contributed by atoms with E-state index in [-0.39, 0.29) is 5.76 Å². The highest BCUT2D eigenvalue weighted by molar-refractivity contribution is 14.1. The van der Waals surface area contributed by atoms with Crippen molar-refractivity contribution < 1.29 is 13.9 Å². The Kier molecular flexibility index (Phi) is 7.26. The molecule has 5 rings (SSSR count). The van der Waals surface area contributed by atoms with Crippen LogP contribution < -0.4 is 10.2 Å². The highest BCUT2D eigenvalue weighted by Crippen LogP contribution is 2.30. The van der Waals surface area contributed by atoms with Gasteiger partial charge in [-0.05, 0) is 103 Å². The number of nitrogens with zero attached hydrogens (tertiary/aromatic N) is 1. The zero-order chi connectivity index (χ0) is 24.4. The summed E-state index contributed by atoms with van der Waals surface area (Å²) < 4.78 is 13.7. The van der Waals surface area contributed by atoms with Crippen molar-refractivity contribution in [3.63, 3.8) is 0 Å². The molecule has 4 aromatic carbocycles. The number of carbonyl (C=O) groups is 1. The average molecular weight is 707 g/mol. The van der Waals surface area contributed by atoms with Crippen molar-refractivity contribution in [3.8, 4) is 5.75 Å². The number of hydrogen-bond donors (Lipinski definition) is 1. The molecule has 0 bridgehead atoms. The van der Waals surface area contributed by atoms with Crippen molar-refractivity contribution in [3.05, 3.63) is 108 Å². The number of amides is 1. The Balaban J connectivity index is 1.26. The molecule has 5 nitrogen and oxygen atoms in total. The summed E-state index contributed by atoms with van der Waals surface area (Å²) in [5.74, 6) is 0.551. The number of hydrazone groups is 1. The molecule has 1 aromatic heterocycles. The van der Waals surface area contributed by atoms with Crippen LogP contribution >= 0.6 is 56.8 Å². The van der Waals surface area contributed by atoms with Crippen LogP contribution in [0.5, 0.6) is 5.75 Å². The minimum absolute atomic E-state index is 0.167. The fraction of sp³-hybridized carbons (Fsp3) is 0.0370. The lowest BCUT2D eigenvalue weighted by Gasteiger charge is -2.13. The molecule has 0 radical (unpaired) electrons. The molecule has 0 saturated heterocycles. The molecule has 0 aliphatic rings. The zero-order valence-corrected chi connectivity index (χ0v) is 23.2. The third-order valence-electron chi connectivity index (χ3n) is 5.35. The second kappa shape index (κ2) is 10.5. The number of halogens is 3. The average Bonchev–Trinajstić information content (AvgIpc) is 3.27. The minimum atomic E-state index is -0.437. The molecule has 174 valence electrons. The van der Waals surface area contributed by atoms with Gasteiger partial charge in [0, 0.05) is 10.4 Å². The molecule has 1 amide bonds. The van der Waals surface area contributed by atoms with E-state index < -0.39 is 5.91 Å². The van der Waals surface area contributed by atoms with Crippen LogP contribution in [0.25, 0.3) is 21.7 Å². The van der Waals surface area contributed by atoms with Crippen molar-refractivity contribution in [2.24, 2.45) is 5.10 Å². The van der Waals surface area contributed by atoms with Gasteiger partial charge >= 0.3 is 5.91 Å². The Hall–Kier alpha value is -2.63. The molecule has 8 heteroatoms. The quantitative estimate of drug-likeness (QED) is 0.111. The molecule has 1 N–H and O–H groups in total. The van der Waals surface area contributed by atoms with Gasteiger partial charge in [0.15, 0.2) is 5.76 Å². The van der Waals surface area contributed by atoms with Gasteiger partial charge in [0.25, 0.3) is 0 Å². The second-order valence-corrected chi connectivity index (χ2v) is 10.5.